The van der Waals surface area contributed by atoms with Crippen LogP contribution < -0.4 is 0 Å². The van der Waals surface area contributed by atoms with Gasteiger partial charge in [-0.3, -0.25) is 9.59 Å². The van der Waals surface area contributed by atoms with Crippen LogP contribution in [0, 0.1) is 5.92 Å². The zero-order valence-electron chi connectivity index (χ0n) is 22.2. The van der Waals surface area contributed by atoms with Crippen LogP contribution in [-0.4, -0.2) is 59.5 Å². The van der Waals surface area contributed by atoms with E-state index in [-0.39, 0.29) is 18.4 Å². The van der Waals surface area contributed by atoms with Crippen molar-refractivity contribution in [3.63, 3.8) is 0 Å². The van der Waals surface area contributed by atoms with Gasteiger partial charge in [0, 0.05) is 45.1 Å². The van der Waals surface area contributed by atoms with Crippen LogP contribution in [0.4, 0.5) is 0 Å². The lowest BCUT2D eigenvalue weighted by molar-refractivity contribution is -0.141. The molecule has 1 heterocycles. The van der Waals surface area contributed by atoms with Gasteiger partial charge in [-0.15, -0.1) is 0 Å². The first kappa shape index (κ1) is 28.6. The molecule has 0 bridgehead atoms. The molecule has 0 unspecified atom stereocenters. The lowest BCUT2D eigenvalue weighted by Gasteiger charge is -2.29. The van der Waals surface area contributed by atoms with Crippen LogP contribution >= 0.6 is 0 Å². The van der Waals surface area contributed by atoms with E-state index in [0.29, 0.717) is 38.6 Å². The first-order valence-electron chi connectivity index (χ1n) is 13.2. The highest BCUT2D eigenvalue weighted by Crippen LogP contribution is 2.13. The van der Waals surface area contributed by atoms with E-state index in [4.69, 9.17) is 4.74 Å². The highest BCUT2D eigenvalue weighted by molar-refractivity contribution is 5.84. The van der Waals surface area contributed by atoms with Crippen molar-refractivity contribution in [2.24, 2.45) is 5.92 Å². The van der Waals surface area contributed by atoms with Gasteiger partial charge in [-0.2, -0.15) is 0 Å². The third-order valence-electron chi connectivity index (χ3n) is 6.15. The molecule has 0 N–H and O–H groups in total. The number of aromatic nitrogens is 1. The maximum absolute atomic E-state index is 13.4. The Bertz CT molecular complexity index is 863. The summed E-state index contributed by atoms with van der Waals surface area (Å²) in [6.07, 6.45) is 8.09. The summed E-state index contributed by atoms with van der Waals surface area (Å²) in [7, 11) is 1.65. The van der Waals surface area contributed by atoms with Gasteiger partial charge in [-0.25, -0.2) is 0 Å². The van der Waals surface area contributed by atoms with Crippen molar-refractivity contribution in [3.8, 4) is 0 Å². The van der Waals surface area contributed by atoms with Gasteiger partial charge in [-0.05, 0) is 30.0 Å². The van der Waals surface area contributed by atoms with Gasteiger partial charge in [0.1, 0.15) is 0 Å². The van der Waals surface area contributed by atoms with Crippen molar-refractivity contribution < 1.29 is 14.3 Å². The first-order chi connectivity index (χ1) is 16.9. The number of nitrogens with zero attached hydrogens (tertiary/aromatic N) is 3. The molecule has 0 saturated carbocycles. The van der Waals surface area contributed by atoms with E-state index in [1.54, 1.807) is 12.0 Å². The summed E-state index contributed by atoms with van der Waals surface area (Å²) in [5, 5.41) is 0. The lowest BCUT2D eigenvalue weighted by Crippen LogP contribution is -2.45. The summed E-state index contributed by atoms with van der Waals surface area (Å²) in [4.78, 5) is 30.0. The number of hydrogen-bond donors (Lipinski definition) is 0. The lowest BCUT2D eigenvalue weighted by atomic mass is 10.1. The number of methoxy groups -OCH3 is 1. The van der Waals surface area contributed by atoms with Crippen molar-refractivity contribution >= 4 is 11.8 Å². The van der Waals surface area contributed by atoms with Gasteiger partial charge in [-0.1, -0.05) is 76.8 Å². The Morgan fingerprint density at radius 1 is 0.943 bits per heavy atom. The van der Waals surface area contributed by atoms with Crippen molar-refractivity contribution in [2.75, 3.05) is 33.4 Å². The van der Waals surface area contributed by atoms with Crippen molar-refractivity contribution in [3.05, 3.63) is 59.9 Å². The van der Waals surface area contributed by atoms with Crippen LogP contribution in [0.25, 0.3) is 0 Å². The zero-order valence-corrected chi connectivity index (χ0v) is 22.2. The fourth-order valence-electron chi connectivity index (χ4n) is 4.21. The number of carbonyl (C=O) groups excluding carboxylic acids is 2. The molecule has 6 heteroatoms. The molecule has 0 saturated heterocycles. The van der Waals surface area contributed by atoms with E-state index in [0.717, 1.165) is 25.1 Å². The van der Waals surface area contributed by atoms with Gasteiger partial charge in [0.15, 0.2) is 0 Å². The van der Waals surface area contributed by atoms with E-state index >= 15 is 0 Å². The Kier molecular flexibility index (Phi) is 13.2. The summed E-state index contributed by atoms with van der Waals surface area (Å²) in [6, 6.07) is 14.4. The Hall–Kier alpha value is -2.60. The zero-order chi connectivity index (χ0) is 25.5. The molecule has 0 atom stereocenters. The summed E-state index contributed by atoms with van der Waals surface area (Å²) < 4.78 is 7.46. The Labute approximate surface area is 212 Å². The largest absolute Gasteiger partial charge is 0.383 e. The summed E-state index contributed by atoms with van der Waals surface area (Å²) >= 11 is 0. The van der Waals surface area contributed by atoms with Crippen LogP contribution in [0.2, 0.25) is 0 Å². The van der Waals surface area contributed by atoms with Gasteiger partial charge >= 0.3 is 0 Å². The molecule has 2 aromatic rings. The predicted molar refractivity (Wildman–Crippen MR) is 142 cm³/mol. The molecule has 0 spiro atoms. The highest BCUT2D eigenvalue weighted by Gasteiger charge is 2.22. The standard InChI is InChI=1S/C29H45N3O3/c1-5-6-7-8-12-17-28(33)32(21-25(2)3)24-29(34)31(19-20-35-4)23-27-16-13-18-30(27)22-26-14-10-9-11-15-26/h9-11,13-16,18,25H,5-8,12,17,19-24H2,1-4H3. The smallest absolute Gasteiger partial charge is 0.242 e. The highest BCUT2D eigenvalue weighted by atomic mass is 16.5. The monoisotopic (exact) mass is 483 g/mol. The molecule has 0 aliphatic rings. The van der Waals surface area contributed by atoms with Gasteiger partial charge in [0.05, 0.1) is 19.7 Å². The van der Waals surface area contributed by atoms with Crippen LogP contribution in [0.5, 0.6) is 0 Å². The van der Waals surface area contributed by atoms with E-state index in [1.165, 1.54) is 24.8 Å². The van der Waals surface area contributed by atoms with Crippen LogP contribution in [0.3, 0.4) is 0 Å². The first-order valence-corrected chi connectivity index (χ1v) is 13.2. The molecular formula is C29H45N3O3. The molecular weight excluding hydrogens is 438 g/mol. The quantitative estimate of drug-likeness (QED) is 0.285. The molecule has 35 heavy (non-hydrogen) atoms. The second kappa shape index (κ2) is 16.1. The molecule has 6 nitrogen and oxygen atoms in total. The average Bonchev–Trinajstić information content (AvgIpc) is 3.27. The second-order valence-corrected chi connectivity index (χ2v) is 9.75. The Morgan fingerprint density at radius 2 is 1.69 bits per heavy atom. The topological polar surface area (TPSA) is 54.8 Å². The maximum atomic E-state index is 13.4. The van der Waals surface area contributed by atoms with Crippen molar-refractivity contribution in [2.45, 2.75) is 72.4 Å². The van der Waals surface area contributed by atoms with Crippen LogP contribution in [-0.2, 0) is 27.4 Å². The summed E-state index contributed by atoms with van der Waals surface area (Å²) in [5.74, 6) is 0.361. The van der Waals surface area contributed by atoms with Crippen molar-refractivity contribution in [1.82, 2.24) is 14.4 Å². The van der Waals surface area contributed by atoms with Crippen molar-refractivity contribution in [1.29, 1.82) is 0 Å². The van der Waals surface area contributed by atoms with Crippen LogP contribution in [0.1, 0.15) is 70.6 Å². The number of amides is 2. The van der Waals surface area contributed by atoms with Gasteiger partial charge in [0.25, 0.3) is 0 Å². The van der Waals surface area contributed by atoms with E-state index in [1.807, 2.05) is 29.2 Å². The van der Waals surface area contributed by atoms with E-state index in [9.17, 15) is 9.59 Å². The summed E-state index contributed by atoms with van der Waals surface area (Å²) in [5.41, 5.74) is 2.28. The molecule has 2 rings (SSSR count). The fraction of sp³-hybridized carbons (Fsp3) is 0.586. The molecule has 1 aromatic carbocycles. The number of carbonyl (C=O) groups is 2. The predicted octanol–water partition coefficient (Wildman–Crippen LogP) is 5.36. The Morgan fingerprint density at radius 3 is 2.37 bits per heavy atom. The third-order valence-corrected chi connectivity index (χ3v) is 6.15. The number of unbranched alkanes of at least 4 members (excludes halogenated alkanes) is 4. The minimum absolute atomic E-state index is 0.0329. The molecule has 2 amide bonds. The van der Waals surface area contributed by atoms with E-state index < -0.39 is 0 Å². The number of hydrogen-bond acceptors (Lipinski definition) is 3. The molecule has 0 aliphatic heterocycles. The molecule has 0 fully saturated rings. The van der Waals surface area contributed by atoms with Gasteiger partial charge < -0.3 is 19.1 Å². The fourth-order valence-corrected chi connectivity index (χ4v) is 4.21. The number of rotatable bonds is 17. The number of benzene rings is 1. The Balaban J connectivity index is 2.05. The molecule has 0 radical (unpaired) electrons. The SMILES string of the molecule is CCCCCCCC(=O)N(CC(=O)N(CCOC)Cc1cccn1Cc1ccccc1)CC(C)C. The van der Waals surface area contributed by atoms with E-state index in [2.05, 4.69) is 49.7 Å². The second-order valence-electron chi connectivity index (χ2n) is 9.75. The third kappa shape index (κ3) is 10.7. The van der Waals surface area contributed by atoms with Gasteiger partial charge in [0.2, 0.25) is 11.8 Å². The maximum Gasteiger partial charge on any atom is 0.242 e. The molecule has 0 aliphatic carbocycles. The minimum atomic E-state index is -0.0329. The average molecular weight is 484 g/mol. The number of ether oxygens (including phenoxy) is 1. The molecule has 194 valence electrons. The van der Waals surface area contributed by atoms with Crippen LogP contribution in [0.15, 0.2) is 48.7 Å². The minimum Gasteiger partial charge on any atom is -0.383 e. The summed E-state index contributed by atoms with van der Waals surface area (Å²) in [6.45, 7) is 9.28. The molecule has 1 aromatic heterocycles. The normalized spacial score (nSPS) is 11.1.